The van der Waals surface area contributed by atoms with Crippen LogP contribution in [0.25, 0.3) is 0 Å². The number of nitrogens with one attached hydrogen (secondary N) is 2. The molecule has 1 aromatic carbocycles. The Morgan fingerprint density at radius 2 is 2.07 bits per heavy atom. The van der Waals surface area contributed by atoms with Crippen molar-refractivity contribution in [1.29, 1.82) is 0 Å². The highest BCUT2D eigenvalue weighted by molar-refractivity contribution is 6.11. The van der Waals surface area contributed by atoms with E-state index in [2.05, 4.69) is 10.6 Å². The van der Waals surface area contributed by atoms with Gasteiger partial charge in [-0.1, -0.05) is 0 Å². The van der Waals surface area contributed by atoms with E-state index in [1.165, 1.54) is 11.0 Å². The minimum Gasteiger partial charge on any atom is -0.323 e. The molecule has 2 N–H and O–H groups in total. The summed E-state index contributed by atoms with van der Waals surface area (Å²) in [7, 11) is 1.88. The molecule has 0 aromatic heterocycles. The minimum atomic E-state index is -4.52. The second kappa shape index (κ2) is 8.67. The van der Waals surface area contributed by atoms with Crippen molar-refractivity contribution in [2.24, 2.45) is 0 Å². The second-order valence-electron chi connectivity index (χ2n) is 7.00. The Hall–Kier alpha value is -1.84. The molecule has 156 valence electrons. The van der Waals surface area contributed by atoms with Gasteiger partial charge in [-0.2, -0.15) is 13.2 Å². The number of hydrogen-bond donors (Lipinski definition) is 2. The molecule has 0 bridgehead atoms. The number of carbonyl (C=O) groups is 2. The van der Waals surface area contributed by atoms with Gasteiger partial charge in [0.1, 0.15) is 6.54 Å². The maximum Gasteiger partial charge on any atom is 0.416 e. The van der Waals surface area contributed by atoms with Gasteiger partial charge in [-0.25, -0.2) is 0 Å². The Kier molecular flexibility index (Phi) is 6.95. The second-order valence-corrected chi connectivity index (χ2v) is 7.00. The number of rotatable bonds is 3. The molecule has 0 saturated carbocycles. The van der Waals surface area contributed by atoms with Crippen LogP contribution in [0.4, 0.5) is 24.5 Å². The van der Waals surface area contributed by atoms with Gasteiger partial charge in [-0.05, 0) is 51.6 Å². The van der Waals surface area contributed by atoms with Gasteiger partial charge < -0.3 is 10.6 Å². The first-order chi connectivity index (χ1) is 12.7. The quantitative estimate of drug-likeness (QED) is 0.788. The zero-order valence-electron chi connectivity index (χ0n) is 15.7. The smallest absolute Gasteiger partial charge is 0.323 e. The number of nitrogens with zero attached hydrogens (tertiary/aromatic N) is 2. The van der Waals surface area contributed by atoms with E-state index >= 15 is 0 Å². The van der Waals surface area contributed by atoms with Gasteiger partial charge in [0.25, 0.3) is 0 Å². The molecule has 1 fully saturated rings. The van der Waals surface area contributed by atoms with E-state index in [-0.39, 0.29) is 30.5 Å². The number of benzene rings is 1. The van der Waals surface area contributed by atoms with Crippen molar-refractivity contribution < 1.29 is 22.8 Å². The van der Waals surface area contributed by atoms with Crippen LogP contribution in [0.3, 0.4) is 0 Å². The molecule has 3 rings (SSSR count). The molecule has 2 aliphatic heterocycles. The van der Waals surface area contributed by atoms with Crippen molar-refractivity contribution in [1.82, 2.24) is 10.2 Å². The van der Waals surface area contributed by atoms with E-state index in [0.717, 1.165) is 31.5 Å². The molecule has 2 heterocycles. The van der Waals surface area contributed by atoms with E-state index in [1.54, 1.807) is 6.92 Å². The predicted octanol–water partition coefficient (Wildman–Crippen LogP) is 2.48. The zero-order chi connectivity index (χ0) is 19.8. The van der Waals surface area contributed by atoms with Crippen LogP contribution in [-0.4, -0.2) is 55.5 Å². The summed E-state index contributed by atoms with van der Waals surface area (Å²) >= 11 is 0. The number of carbonyl (C=O) groups excluding carboxylic acids is 2. The third-order valence-electron chi connectivity index (χ3n) is 5.22. The molecule has 1 aromatic rings. The number of likely N-dealkylation sites (tertiary alicyclic amines) is 1. The lowest BCUT2D eigenvalue weighted by Gasteiger charge is -2.39. The Labute approximate surface area is 167 Å². The monoisotopic (exact) mass is 420 g/mol. The summed E-state index contributed by atoms with van der Waals surface area (Å²) < 4.78 is 38.8. The van der Waals surface area contributed by atoms with Crippen LogP contribution in [0, 0.1) is 0 Å². The maximum absolute atomic E-state index is 13.0. The number of halogens is 4. The van der Waals surface area contributed by atoms with E-state index in [4.69, 9.17) is 0 Å². The summed E-state index contributed by atoms with van der Waals surface area (Å²) in [5.74, 6) is -0.795. The van der Waals surface area contributed by atoms with Crippen molar-refractivity contribution in [3.05, 3.63) is 23.8 Å². The first-order valence-corrected chi connectivity index (χ1v) is 8.94. The molecule has 0 aliphatic carbocycles. The molecule has 2 aliphatic rings. The average Bonchev–Trinajstić information content (AvgIpc) is 2.64. The first kappa shape index (κ1) is 22.4. The van der Waals surface area contributed by atoms with Crippen molar-refractivity contribution >= 4 is 35.6 Å². The summed E-state index contributed by atoms with van der Waals surface area (Å²) in [5, 5.41) is 5.65. The van der Waals surface area contributed by atoms with E-state index in [9.17, 15) is 22.8 Å². The molecule has 2 unspecified atom stereocenters. The molecule has 2 atom stereocenters. The highest BCUT2D eigenvalue weighted by atomic mass is 35.5. The van der Waals surface area contributed by atoms with Crippen molar-refractivity contribution in [3.63, 3.8) is 0 Å². The molecule has 0 spiro atoms. The molecule has 0 radical (unpaired) electrons. The molecular weight excluding hydrogens is 397 g/mol. The summed E-state index contributed by atoms with van der Waals surface area (Å²) in [6.07, 6.45) is -2.53. The molecule has 6 nitrogen and oxygen atoms in total. The Balaban J connectivity index is 0.00000280. The Bertz CT molecular complexity index is 744. The number of piperidine rings is 1. The van der Waals surface area contributed by atoms with Crippen LogP contribution < -0.4 is 15.5 Å². The maximum atomic E-state index is 13.0. The molecule has 10 heteroatoms. The number of likely N-dealkylation sites (N-methyl/N-ethyl adjacent to an activating group) is 1. The Morgan fingerprint density at radius 3 is 2.71 bits per heavy atom. The van der Waals surface area contributed by atoms with Crippen molar-refractivity contribution in [2.75, 3.05) is 36.9 Å². The summed E-state index contributed by atoms with van der Waals surface area (Å²) in [5.41, 5.74) is -0.563. The van der Waals surface area contributed by atoms with E-state index in [0.29, 0.717) is 18.3 Å². The van der Waals surface area contributed by atoms with E-state index < -0.39 is 23.7 Å². The fraction of sp³-hybridized carbons (Fsp3) is 0.556. The van der Waals surface area contributed by atoms with Gasteiger partial charge in [0.2, 0.25) is 11.8 Å². The van der Waals surface area contributed by atoms with Gasteiger partial charge in [-0.15, -0.1) is 12.4 Å². The van der Waals surface area contributed by atoms with Crippen LogP contribution in [0.15, 0.2) is 18.2 Å². The number of anilines is 2. The molecule has 28 heavy (non-hydrogen) atoms. The van der Waals surface area contributed by atoms with Gasteiger partial charge in [0.05, 0.1) is 23.0 Å². The SMILES string of the molecule is CNC1CCCN(C(C)C(=O)N2CC(=O)Nc3cc(C(F)(F)F)ccc32)C1.Cl. The molecule has 1 saturated heterocycles. The zero-order valence-corrected chi connectivity index (χ0v) is 16.5. The Morgan fingerprint density at radius 1 is 1.36 bits per heavy atom. The van der Waals surface area contributed by atoms with Gasteiger partial charge >= 0.3 is 6.18 Å². The lowest BCUT2D eigenvalue weighted by Crippen LogP contribution is -2.55. The number of alkyl halides is 3. The number of fused-ring (bicyclic) bond motifs is 1. The minimum absolute atomic E-state index is 0. The van der Waals surface area contributed by atoms with Crippen molar-refractivity contribution in [3.8, 4) is 0 Å². The molecule has 2 amide bonds. The van der Waals surface area contributed by atoms with Crippen LogP contribution in [-0.2, 0) is 15.8 Å². The number of hydrogen-bond acceptors (Lipinski definition) is 4. The van der Waals surface area contributed by atoms with Crippen LogP contribution in [0.2, 0.25) is 0 Å². The highest BCUT2D eigenvalue weighted by Crippen LogP contribution is 2.37. The predicted molar refractivity (Wildman–Crippen MR) is 103 cm³/mol. The lowest BCUT2D eigenvalue weighted by molar-refractivity contribution is -0.137. The average molecular weight is 421 g/mol. The van der Waals surface area contributed by atoms with Crippen LogP contribution in [0.1, 0.15) is 25.3 Å². The first-order valence-electron chi connectivity index (χ1n) is 8.94. The summed E-state index contributed by atoms with van der Waals surface area (Å²) in [6, 6.07) is 2.87. The van der Waals surface area contributed by atoms with Crippen LogP contribution >= 0.6 is 12.4 Å². The summed E-state index contributed by atoms with van der Waals surface area (Å²) in [4.78, 5) is 28.4. The fourth-order valence-electron chi connectivity index (χ4n) is 3.64. The fourth-order valence-corrected chi connectivity index (χ4v) is 3.64. The third-order valence-corrected chi connectivity index (χ3v) is 5.22. The van der Waals surface area contributed by atoms with Gasteiger partial charge in [0, 0.05) is 12.6 Å². The topological polar surface area (TPSA) is 64.7 Å². The van der Waals surface area contributed by atoms with Gasteiger partial charge in [-0.3, -0.25) is 19.4 Å². The van der Waals surface area contributed by atoms with Crippen molar-refractivity contribution in [2.45, 2.75) is 38.0 Å². The largest absolute Gasteiger partial charge is 0.416 e. The highest BCUT2D eigenvalue weighted by Gasteiger charge is 2.36. The molecular formula is C18H24ClF3N4O2. The normalized spacial score (nSPS) is 21.4. The van der Waals surface area contributed by atoms with E-state index in [1.807, 2.05) is 11.9 Å². The number of amides is 2. The standard InChI is InChI=1S/C18H23F3N4O2.ClH/c1-11(24-7-3-4-13(9-24)22-2)17(27)25-10-16(26)23-14-8-12(18(19,20)21)5-6-15(14)25;/h5-6,8,11,13,22H,3-4,7,9-10H2,1-2H3,(H,23,26);1H. The third kappa shape index (κ3) is 4.59. The summed E-state index contributed by atoms with van der Waals surface area (Å²) in [6.45, 7) is 3.05. The van der Waals surface area contributed by atoms with Gasteiger partial charge in [0.15, 0.2) is 0 Å². The van der Waals surface area contributed by atoms with Crippen LogP contribution in [0.5, 0.6) is 0 Å². The lowest BCUT2D eigenvalue weighted by atomic mass is 10.0.